The average Bonchev–Trinajstić information content (AvgIpc) is 2.75. The molecule has 3 aromatic rings. The maximum atomic E-state index is 12.5. The lowest BCUT2D eigenvalue weighted by Gasteiger charge is -2.22. The Morgan fingerprint density at radius 2 is 1.83 bits per heavy atom. The van der Waals surface area contributed by atoms with E-state index in [1.54, 1.807) is 0 Å². The van der Waals surface area contributed by atoms with Crippen molar-refractivity contribution in [1.82, 2.24) is 0 Å². The molecular formula is C24H22FNO3. The highest BCUT2D eigenvalue weighted by atomic mass is 19.1. The highest BCUT2D eigenvalue weighted by Gasteiger charge is 2.18. The smallest absolute Gasteiger partial charge is 0.301 e. The molecule has 1 aliphatic rings. The molecule has 0 spiro atoms. The molecule has 2 N–H and O–H groups in total. The molecule has 0 aromatic heterocycles. The van der Waals surface area contributed by atoms with Crippen LogP contribution in [0.2, 0.25) is 0 Å². The minimum atomic E-state index is -1.30. The Morgan fingerprint density at radius 3 is 2.66 bits per heavy atom. The van der Waals surface area contributed by atoms with Gasteiger partial charge in [0.2, 0.25) is 0 Å². The number of ether oxygens (including phenoxy) is 2. The normalized spacial score (nSPS) is 11.9. The van der Waals surface area contributed by atoms with E-state index >= 15 is 0 Å². The van der Waals surface area contributed by atoms with Crippen molar-refractivity contribution in [3.8, 4) is 22.6 Å². The van der Waals surface area contributed by atoms with Crippen molar-refractivity contribution in [1.29, 1.82) is 0 Å². The van der Waals surface area contributed by atoms with Crippen LogP contribution in [0.3, 0.4) is 0 Å². The van der Waals surface area contributed by atoms with Crippen molar-refractivity contribution in [2.45, 2.75) is 32.6 Å². The quantitative estimate of drug-likeness (QED) is 0.593. The lowest BCUT2D eigenvalue weighted by Crippen LogP contribution is -2.07. The lowest BCUT2D eigenvalue weighted by atomic mass is 9.95. The number of carbonyl (C=O) groups is 1. The fraction of sp³-hybridized carbons (Fsp3) is 0.208. The summed E-state index contributed by atoms with van der Waals surface area (Å²) in [6.07, 6.45) is 0.265. The molecule has 148 valence electrons. The Labute approximate surface area is 169 Å². The SMILES string of the molecule is NCc1cccc(COc2ccc3c(c2)COc2cc(CCC(=O)F)ccc2-3)c1. The van der Waals surface area contributed by atoms with Crippen molar-refractivity contribution in [2.24, 2.45) is 5.73 Å². The molecule has 0 unspecified atom stereocenters. The summed E-state index contributed by atoms with van der Waals surface area (Å²) in [4.78, 5) is 10.6. The molecule has 0 saturated carbocycles. The van der Waals surface area contributed by atoms with Gasteiger partial charge in [0.25, 0.3) is 0 Å². The van der Waals surface area contributed by atoms with Crippen LogP contribution in [0.4, 0.5) is 4.39 Å². The third-order valence-corrected chi connectivity index (χ3v) is 5.04. The Bertz CT molecular complexity index is 1050. The monoisotopic (exact) mass is 391 g/mol. The first-order valence-corrected chi connectivity index (χ1v) is 9.60. The second-order valence-corrected chi connectivity index (χ2v) is 7.11. The molecule has 0 saturated heterocycles. The van der Waals surface area contributed by atoms with Crippen LogP contribution in [0, 0.1) is 0 Å². The molecular weight excluding hydrogens is 369 g/mol. The van der Waals surface area contributed by atoms with Crippen molar-refractivity contribution in [3.63, 3.8) is 0 Å². The summed E-state index contributed by atoms with van der Waals surface area (Å²) >= 11 is 0. The molecule has 1 aliphatic heterocycles. The molecule has 29 heavy (non-hydrogen) atoms. The van der Waals surface area contributed by atoms with E-state index < -0.39 is 6.04 Å². The predicted octanol–water partition coefficient (Wildman–Crippen LogP) is 4.71. The van der Waals surface area contributed by atoms with E-state index in [-0.39, 0.29) is 6.42 Å². The highest BCUT2D eigenvalue weighted by Crippen LogP contribution is 2.39. The van der Waals surface area contributed by atoms with Crippen LogP contribution in [-0.4, -0.2) is 6.04 Å². The van der Waals surface area contributed by atoms with Crippen LogP contribution in [-0.2, 0) is 31.0 Å². The summed E-state index contributed by atoms with van der Waals surface area (Å²) in [5.74, 6) is 1.54. The number of aryl methyl sites for hydroxylation is 1. The minimum Gasteiger partial charge on any atom is -0.489 e. The van der Waals surface area contributed by atoms with Crippen molar-refractivity contribution in [3.05, 3.63) is 82.9 Å². The molecule has 0 bridgehead atoms. The Hall–Kier alpha value is -3.18. The van der Waals surface area contributed by atoms with E-state index in [1.165, 1.54) is 0 Å². The van der Waals surface area contributed by atoms with E-state index in [0.717, 1.165) is 44.9 Å². The van der Waals surface area contributed by atoms with Crippen LogP contribution in [0.1, 0.15) is 28.7 Å². The minimum absolute atomic E-state index is 0.107. The van der Waals surface area contributed by atoms with Gasteiger partial charge in [0.1, 0.15) is 24.7 Å². The van der Waals surface area contributed by atoms with Gasteiger partial charge < -0.3 is 15.2 Å². The van der Waals surface area contributed by atoms with Gasteiger partial charge in [-0.05, 0) is 46.9 Å². The summed E-state index contributed by atoms with van der Waals surface area (Å²) in [5, 5.41) is 0. The molecule has 3 aromatic carbocycles. The van der Waals surface area contributed by atoms with Crippen LogP contribution < -0.4 is 15.2 Å². The van der Waals surface area contributed by atoms with Crippen molar-refractivity contribution in [2.75, 3.05) is 0 Å². The largest absolute Gasteiger partial charge is 0.489 e. The Balaban J connectivity index is 1.49. The fourth-order valence-electron chi connectivity index (χ4n) is 3.52. The molecule has 4 rings (SSSR count). The second-order valence-electron chi connectivity index (χ2n) is 7.11. The zero-order valence-electron chi connectivity index (χ0n) is 16.0. The molecule has 4 nitrogen and oxygen atoms in total. The number of nitrogens with two attached hydrogens (primary N) is 1. The molecule has 0 atom stereocenters. The molecule has 0 aliphatic carbocycles. The van der Waals surface area contributed by atoms with Crippen molar-refractivity contribution < 1.29 is 18.7 Å². The summed E-state index contributed by atoms with van der Waals surface area (Å²) in [7, 11) is 0. The molecule has 5 heteroatoms. The number of hydrogen-bond acceptors (Lipinski definition) is 4. The van der Waals surface area contributed by atoms with Gasteiger partial charge in [-0.3, -0.25) is 4.79 Å². The van der Waals surface area contributed by atoms with Crippen LogP contribution in [0.25, 0.3) is 11.1 Å². The number of halogens is 1. The third kappa shape index (κ3) is 4.46. The van der Waals surface area contributed by atoms with E-state index in [4.69, 9.17) is 15.2 Å². The van der Waals surface area contributed by atoms with Gasteiger partial charge in [-0.15, -0.1) is 0 Å². The van der Waals surface area contributed by atoms with Gasteiger partial charge in [-0.2, -0.15) is 4.39 Å². The number of rotatable bonds is 7. The first kappa shape index (κ1) is 19.2. The molecule has 0 fully saturated rings. The van der Waals surface area contributed by atoms with Crippen LogP contribution in [0.5, 0.6) is 11.5 Å². The zero-order valence-corrected chi connectivity index (χ0v) is 16.0. The van der Waals surface area contributed by atoms with E-state index in [0.29, 0.717) is 26.2 Å². The van der Waals surface area contributed by atoms with E-state index in [2.05, 4.69) is 0 Å². The number of fused-ring (bicyclic) bond motifs is 3. The van der Waals surface area contributed by atoms with Gasteiger partial charge >= 0.3 is 6.04 Å². The third-order valence-electron chi connectivity index (χ3n) is 5.04. The number of hydrogen-bond donors (Lipinski definition) is 1. The van der Waals surface area contributed by atoms with Gasteiger partial charge in [0.05, 0.1) is 0 Å². The van der Waals surface area contributed by atoms with E-state index in [9.17, 15) is 9.18 Å². The summed E-state index contributed by atoms with van der Waals surface area (Å²) in [5.41, 5.74) is 11.9. The van der Waals surface area contributed by atoms with E-state index in [1.807, 2.05) is 60.7 Å². The van der Waals surface area contributed by atoms with Gasteiger partial charge in [-0.25, -0.2) is 0 Å². The molecule has 0 radical (unpaired) electrons. The first-order chi connectivity index (χ1) is 14.1. The Morgan fingerprint density at radius 1 is 1.00 bits per heavy atom. The predicted molar refractivity (Wildman–Crippen MR) is 109 cm³/mol. The Kier molecular flexibility index (Phi) is 5.58. The lowest BCUT2D eigenvalue weighted by molar-refractivity contribution is -0.129. The topological polar surface area (TPSA) is 61.6 Å². The zero-order chi connectivity index (χ0) is 20.2. The van der Waals surface area contributed by atoms with Crippen LogP contribution in [0.15, 0.2) is 60.7 Å². The fourth-order valence-corrected chi connectivity index (χ4v) is 3.52. The summed E-state index contributed by atoms with van der Waals surface area (Å²) in [6.45, 7) is 1.42. The average molecular weight is 391 g/mol. The van der Waals surface area contributed by atoms with Crippen LogP contribution >= 0.6 is 0 Å². The van der Waals surface area contributed by atoms with Gasteiger partial charge in [0, 0.05) is 24.1 Å². The maximum absolute atomic E-state index is 12.5. The second kappa shape index (κ2) is 8.45. The van der Waals surface area contributed by atoms with Gasteiger partial charge in [0.15, 0.2) is 0 Å². The summed E-state index contributed by atoms with van der Waals surface area (Å²) in [6, 6.07) is 18.5. The first-order valence-electron chi connectivity index (χ1n) is 9.60. The van der Waals surface area contributed by atoms with Gasteiger partial charge in [-0.1, -0.05) is 42.5 Å². The highest BCUT2D eigenvalue weighted by molar-refractivity contribution is 5.76. The summed E-state index contributed by atoms with van der Waals surface area (Å²) < 4.78 is 24.3. The molecule has 0 amide bonds. The van der Waals surface area contributed by atoms with Crippen molar-refractivity contribution >= 4 is 6.04 Å². The maximum Gasteiger partial charge on any atom is 0.301 e. The standard InChI is InChI=1S/C24H22FNO3/c25-24(27)9-5-16-4-7-22-21-8-6-20(12-19(21)15-29-23(22)11-16)28-14-18-3-1-2-17(10-18)13-26/h1-4,6-8,10-12H,5,9,13-15,26H2. The number of carbonyl (C=O) groups excluding carboxylic acids is 1. The molecule has 1 heterocycles. The number of benzene rings is 3.